The summed E-state index contributed by atoms with van der Waals surface area (Å²) in [6.45, 7) is 8.07. The summed E-state index contributed by atoms with van der Waals surface area (Å²) in [4.78, 5) is 0. The maximum atomic E-state index is 13.8. The maximum absolute atomic E-state index is 13.8. The lowest BCUT2D eigenvalue weighted by molar-refractivity contribution is 0.00578. The predicted octanol–water partition coefficient (Wildman–Crippen LogP) is 3.36. The van der Waals surface area contributed by atoms with Crippen LogP contribution in [0.3, 0.4) is 0 Å². The SMILES string of the molecule is CC1(C)OB(C2CCCC[C@@H]2F)OC1(C)C. The first-order valence-corrected chi connectivity index (χ1v) is 6.33. The Morgan fingerprint density at radius 3 is 2.00 bits per heavy atom. The Morgan fingerprint density at radius 2 is 1.50 bits per heavy atom. The van der Waals surface area contributed by atoms with Gasteiger partial charge in [-0.15, -0.1) is 0 Å². The Bertz CT molecular complexity index is 252. The summed E-state index contributed by atoms with van der Waals surface area (Å²) < 4.78 is 25.7. The van der Waals surface area contributed by atoms with Crippen LogP contribution in [0.2, 0.25) is 5.82 Å². The molecule has 16 heavy (non-hydrogen) atoms. The summed E-state index contributed by atoms with van der Waals surface area (Å²) in [6, 6.07) is 0. The molecule has 2 fully saturated rings. The predicted molar refractivity (Wildman–Crippen MR) is 63.2 cm³/mol. The van der Waals surface area contributed by atoms with Gasteiger partial charge in [-0.3, -0.25) is 0 Å². The summed E-state index contributed by atoms with van der Waals surface area (Å²) in [6.07, 6.45) is 2.88. The highest BCUT2D eigenvalue weighted by Gasteiger charge is 2.55. The zero-order valence-corrected chi connectivity index (χ0v) is 10.8. The van der Waals surface area contributed by atoms with Crippen molar-refractivity contribution in [2.24, 2.45) is 0 Å². The molecule has 0 N–H and O–H groups in total. The van der Waals surface area contributed by atoms with Crippen LogP contribution in [0.5, 0.6) is 0 Å². The second-order valence-electron chi connectivity index (χ2n) is 6.09. The minimum absolute atomic E-state index is 0.0743. The van der Waals surface area contributed by atoms with Crippen LogP contribution >= 0.6 is 0 Å². The summed E-state index contributed by atoms with van der Waals surface area (Å²) in [5.41, 5.74) is -0.677. The van der Waals surface area contributed by atoms with E-state index in [1.807, 2.05) is 27.7 Å². The molecule has 1 unspecified atom stereocenters. The number of hydrogen-bond donors (Lipinski definition) is 0. The summed E-state index contributed by atoms with van der Waals surface area (Å²) in [7, 11) is -0.361. The van der Waals surface area contributed by atoms with Gasteiger partial charge in [-0.05, 0) is 40.5 Å². The highest BCUT2D eigenvalue weighted by molar-refractivity contribution is 6.47. The van der Waals surface area contributed by atoms with Crippen molar-refractivity contribution < 1.29 is 13.7 Å². The van der Waals surface area contributed by atoms with E-state index < -0.39 is 6.17 Å². The van der Waals surface area contributed by atoms with Gasteiger partial charge in [0.05, 0.1) is 11.2 Å². The van der Waals surface area contributed by atoms with Crippen LogP contribution in [0.1, 0.15) is 53.4 Å². The summed E-state index contributed by atoms with van der Waals surface area (Å²) in [5.74, 6) is -0.0743. The van der Waals surface area contributed by atoms with Crippen LogP contribution in [0, 0.1) is 0 Å². The molecule has 0 radical (unpaired) electrons. The van der Waals surface area contributed by atoms with Crippen molar-refractivity contribution in [1.82, 2.24) is 0 Å². The van der Waals surface area contributed by atoms with Gasteiger partial charge in [0, 0.05) is 5.82 Å². The van der Waals surface area contributed by atoms with E-state index in [9.17, 15) is 4.39 Å². The van der Waals surface area contributed by atoms with Crippen LogP contribution in [0.4, 0.5) is 4.39 Å². The fourth-order valence-corrected chi connectivity index (χ4v) is 2.48. The first-order valence-electron chi connectivity index (χ1n) is 6.33. The van der Waals surface area contributed by atoms with Gasteiger partial charge in [-0.1, -0.05) is 12.8 Å². The highest BCUT2D eigenvalue weighted by Crippen LogP contribution is 2.44. The first-order chi connectivity index (χ1) is 7.33. The van der Waals surface area contributed by atoms with E-state index >= 15 is 0 Å². The molecule has 0 aromatic rings. The molecule has 2 rings (SSSR count). The van der Waals surface area contributed by atoms with Gasteiger partial charge in [0.25, 0.3) is 0 Å². The van der Waals surface area contributed by atoms with Gasteiger partial charge in [-0.25, -0.2) is 4.39 Å². The average molecular weight is 228 g/mol. The normalized spacial score (nSPS) is 37.7. The van der Waals surface area contributed by atoms with Crippen molar-refractivity contribution >= 4 is 7.12 Å². The van der Waals surface area contributed by atoms with Crippen molar-refractivity contribution in [3.05, 3.63) is 0 Å². The van der Waals surface area contributed by atoms with E-state index in [0.29, 0.717) is 6.42 Å². The smallest absolute Gasteiger partial charge is 0.403 e. The van der Waals surface area contributed by atoms with Crippen LogP contribution in [-0.4, -0.2) is 24.5 Å². The van der Waals surface area contributed by atoms with Gasteiger partial charge in [-0.2, -0.15) is 0 Å². The van der Waals surface area contributed by atoms with Gasteiger partial charge < -0.3 is 9.31 Å². The number of halogens is 1. The molecule has 2 nitrogen and oxygen atoms in total. The summed E-state index contributed by atoms with van der Waals surface area (Å²) >= 11 is 0. The van der Waals surface area contributed by atoms with Gasteiger partial charge in [0.15, 0.2) is 0 Å². The van der Waals surface area contributed by atoms with Crippen LogP contribution < -0.4 is 0 Å². The molecule has 1 heterocycles. The standard InChI is InChI=1S/C12H22BFO2/c1-11(2)12(3,4)16-13(15-11)9-7-5-6-8-10(9)14/h9-10H,5-8H2,1-4H3/t9?,10-/m0/s1. The van der Waals surface area contributed by atoms with Crippen molar-refractivity contribution in [3.8, 4) is 0 Å². The molecule has 0 amide bonds. The van der Waals surface area contributed by atoms with Crippen LogP contribution in [0.25, 0.3) is 0 Å². The van der Waals surface area contributed by atoms with Crippen LogP contribution in [0.15, 0.2) is 0 Å². The second-order valence-corrected chi connectivity index (χ2v) is 6.09. The lowest BCUT2D eigenvalue weighted by Gasteiger charge is -2.32. The summed E-state index contributed by atoms with van der Waals surface area (Å²) in [5, 5.41) is 0. The van der Waals surface area contributed by atoms with E-state index in [-0.39, 0.29) is 24.1 Å². The monoisotopic (exact) mass is 228 g/mol. The minimum Gasteiger partial charge on any atom is -0.403 e. The number of hydrogen-bond acceptors (Lipinski definition) is 2. The minimum atomic E-state index is -0.761. The lowest BCUT2D eigenvalue weighted by atomic mass is 9.63. The molecule has 2 aliphatic rings. The van der Waals surface area contributed by atoms with E-state index in [1.54, 1.807) is 0 Å². The zero-order chi connectivity index (χ0) is 12.0. The molecular formula is C12H22BFO2. The second kappa shape index (κ2) is 3.99. The average Bonchev–Trinajstić information content (AvgIpc) is 2.36. The number of rotatable bonds is 1. The van der Waals surface area contributed by atoms with Crippen molar-refractivity contribution in [1.29, 1.82) is 0 Å². The molecule has 0 bridgehead atoms. The lowest BCUT2D eigenvalue weighted by Crippen LogP contribution is -2.41. The molecule has 1 saturated heterocycles. The third-order valence-corrected chi connectivity index (χ3v) is 4.35. The fraction of sp³-hybridized carbons (Fsp3) is 1.00. The Kier molecular flexibility index (Phi) is 3.08. The molecule has 0 aromatic heterocycles. The Hall–Kier alpha value is -0.0851. The van der Waals surface area contributed by atoms with Crippen molar-refractivity contribution in [2.75, 3.05) is 0 Å². The van der Waals surface area contributed by atoms with E-state index in [0.717, 1.165) is 19.3 Å². The molecule has 92 valence electrons. The van der Waals surface area contributed by atoms with E-state index in [4.69, 9.17) is 9.31 Å². The number of alkyl halides is 1. The molecule has 1 aliphatic heterocycles. The maximum Gasteiger partial charge on any atom is 0.464 e. The third kappa shape index (κ3) is 2.02. The van der Waals surface area contributed by atoms with E-state index in [2.05, 4.69) is 0 Å². The van der Waals surface area contributed by atoms with Crippen molar-refractivity contribution in [3.63, 3.8) is 0 Å². The Labute approximate surface area is 98.0 Å². The molecule has 0 aromatic carbocycles. The topological polar surface area (TPSA) is 18.5 Å². The first kappa shape index (κ1) is 12.4. The van der Waals surface area contributed by atoms with E-state index in [1.165, 1.54) is 0 Å². The van der Waals surface area contributed by atoms with Gasteiger partial charge >= 0.3 is 7.12 Å². The molecule has 1 aliphatic carbocycles. The molecule has 1 saturated carbocycles. The molecule has 4 heteroatoms. The molecule has 2 atom stereocenters. The molecular weight excluding hydrogens is 206 g/mol. The van der Waals surface area contributed by atoms with Gasteiger partial charge in [0.1, 0.15) is 6.17 Å². The Morgan fingerprint density at radius 1 is 1.00 bits per heavy atom. The zero-order valence-electron chi connectivity index (χ0n) is 10.8. The van der Waals surface area contributed by atoms with Crippen molar-refractivity contribution in [2.45, 2.75) is 76.6 Å². The quantitative estimate of drug-likeness (QED) is 0.640. The Balaban J connectivity index is 2.07. The fourth-order valence-electron chi connectivity index (χ4n) is 2.48. The van der Waals surface area contributed by atoms with Crippen LogP contribution in [-0.2, 0) is 9.31 Å². The molecule has 0 spiro atoms. The third-order valence-electron chi connectivity index (χ3n) is 4.35. The highest BCUT2D eigenvalue weighted by atomic mass is 19.1. The largest absolute Gasteiger partial charge is 0.464 e. The van der Waals surface area contributed by atoms with Gasteiger partial charge in [0.2, 0.25) is 0 Å².